The number of aromatic hydroxyl groups is 1. The van der Waals surface area contributed by atoms with Gasteiger partial charge in [-0.2, -0.15) is 0 Å². The lowest BCUT2D eigenvalue weighted by atomic mass is 9.83. The number of aromatic nitrogens is 1. The van der Waals surface area contributed by atoms with Gasteiger partial charge in [0.1, 0.15) is 88.8 Å². The number of ether oxygens (including phenoxy) is 5. The molecule has 4 bridgehead atoms. The number of rotatable bonds is 27. The van der Waals surface area contributed by atoms with Crippen molar-refractivity contribution < 1.29 is 116 Å². The first-order chi connectivity index (χ1) is 61.5. The van der Waals surface area contributed by atoms with E-state index in [1.807, 2.05) is 19.1 Å². The maximum absolute atomic E-state index is 15.1. The van der Waals surface area contributed by atoms with Gasteiger partial charge in [-0.05, 0) is 119 Å². The number of nitrogens with two attached hydrogens (primary N) is 3. The van der Waals surface area contributed by atoms with Crippen LogP contribution in [0, 0.1) is 5.92 Å². The van der Waals surface area contributed by atoms with Crippen molar-refractivity contribution in [2.75, 3.05) is 62.8 Å². The molecule has 0 radical (unpaired) electrons. The number of aromatic amines is 1. The molecular weight excluding hydrogens is 1790 g/mol. The summed E-state index contributed by atoms with van der Waals surface area (Å²) in [6.07, 6.45) is -0.267. The largest absolute Gasteiger partial charge is 0.508 e. The van der Waals surface area contributed by atoms with Crippen molar-refractivity contribution in [2.45, 2.75) is 209 Å². The van der Waals surface area contributed by atoms with Gasteiger partial charge in [0, 0.05) is 107 Å². The zero-order chi connectivity index (χ0) is 96.0. The lowest BCUT2D eigenvalue weighted by Crippen LogP contribution is -2.63. The number of carbonyl (C=O) groups excluding carboxylic acids is 12. The van der Waals surface area contributed by atoms with Gasteiger partial charge in [-0.1, -0.05) is 146 Å². The topological polar surface area (TPSA) is 586 Å². The molecule has 0 aliphatic carbocycles. The molecule has 4 aliphatic heterocycles. The average Bonchev–Trinajstić information content (AvgIpc) is 1.57. The monoisotopic (exact) mass is 1900 g/mol. The molecule has 38 nitrogen and oxygen atoms in total. The second-order valence-corrected chi connectivity index (χ2v) is 37.4. The average molecular weight is 1910 g/mol. The number of aliphatic hydroxyl groups is 2. The molecule has 0 unspecified atom stereocenters. The second kappa shape index (κ2) is 50.7. The molecule has 9 rings (SSSR count). The van der Waals surface area contributed by atoms with Crippen molar-refractivity contribution in [1.29, 1.82) is 0 Å². The van der Waals surface area contributed by atoms with Crippen molar-refractivity contribution in [2.24, 2.45) is 23.1 Å². The maximum Gasteiger partial charge on any atom is 0.409 e. The summed E-state index contributed by atoms with van der Waals surface area (Å²) in [6.45, 7) is 10.2. The molecule has 3 fully saturated rings. The standard InChI is InChI=1S/C83H109ClN14O20S4.2C2H4O2/c1-44-18-17-24-65(115-9)83(113)39-64(116-81(112)96-83)45(2)71-82(5,118-71)66(38-68(102)98(7)62-35-50(32-44)36-63(114-8)69(62)84)117-80(111)46(3)97(6)67(101)29-31-119-120-41-59(72(87)103)92-78(109)61-43-122-121-42-60(93-73(104)54(86)33-48-19-11-10-12-20-48)77(108)90-57(34-49-25-27-52(100)28-26-49)75(106)91-58(37-51-40-88-55-22-14-13-21-53(51)55)76(107)89-56(23-15-16-30-85)74(105)95-70(47(4)99)79(110)94-61;2*1-2(3)4/h10-14,17-22,24-28,35-36,40,45-47,54,56-61,64-66,70-71,88,99-100,113H,15-16,23,29-34,37-39,41-43,85-86H2,1-9H3,(H2,87,103)(H,89,107)(H,90,108)(H,91,106)(H,92,109)(H,93,104)(H,94,110)(H,95,105)(H,96,112);2*1H3,(H,3,4)/b24-17+,44-18+;;/t45-,46+,47-,54-,56+,57+,58-,59+,60+,61+,64+,65-,66+,70+,71+,82+,83+;;/m1../s1. The molecule has 4 aromatic carbocycles. The number of phenols is 1. The summed E-state index contributed by atoms with van der Waals surface area (Å²) >= 11 is 6.89. The molecule has 3 saturated heterocycles. The van der Waals surface area contributed by atoms with E-state index in [0.717, 1.165) is 67.5 Å². The first kappa shape index (κ1) is 106. The van der Waals surface area contributed by atoms with E-state index >= 15 is 9.59 Å². The lowest BCUT2D eigenvalue weighted by molar-refractivity contribution is -0.162. The number of alkyl carbamates (subject to hydrolysis) is 1. The van der Waals surface area contributed by atoms with Crippen LogP contribution < -0.4 is 69.4 Å². The van der Waals surface area contributed by atoms with Gasteiger partial charge >= 0.3 is 12.1 Å². The number of halogens is 1. The van der Waals surface area contributed by atoms with Gasteiger partial charge in [0.25, 0.3) is 11.9 Å². The minimum atomic E-state index is -1.95. The number of methoxy groups -OCH3 is 2. The Bertz CT molecular complexity index is 4850. The number of carboxylic acids is 2. The van der Waals surface area contributed by atoms with Gasteiger partial charge in [-0.3, -0.25) is 62.9 Å². The molecule has 1 aromatic heterocycles. The van der Waals surface area contributed by atoms with E-state index in [9.17, 15) is 63.3 Å². The van der Waals surface area contributed by atoms with Crippen LogP contribution in [0.4, 0.5) is 10.5 Å². The molecule has 5 aromatic rings. The highest BCUT2D eigenvalue weighted by Crippen LogP contribution is 2.49. The Morgan fingerprint density at radius 1 is 0.815 bits per heavy atom. The quantitative estimate of drug-likeness (QED) is 0.0155. The molecule has 0 spiro atoms. The molecule has 11 amide bonds. The molecule has 0 saturated carbocycles. The number of hydrogen-bond acceptors (Lipinski definition) is 28. The van der Waals surface area contributed by atoms with Crippen molar-refractivity contribution in [3.63, 3.8) is 0 Å². The third-order valence-corrected chi connectivity index (χ3v) is 27.0. The number of likely N-dealkylation sites (N-methyl/N-ethyl adjacent to an activating group) is 1. The number of aliphatic hydroxyl groups excluding tert-OH is 1. The second-order valence-electron chi connectivity index (χ2n) is 31.9. The van der Waals surface area contributed by atoms with E-state index in [1.165, 1.54) is 71.3 Å². The Labute approximate surface area is 773 Å². The number of carbonyl (C=O) groups is 14. The SMILES string of the molecule is CC(=O)O.CC(=O)O.COc1cc2cc(c1Cl)N(C)C(=O)C[C@H](OC(=O)[C@H](C)N(C)C(=O)CCSSC[C@H](NC(=O)[C@@H]1CSSC[C@H](NC(=O)[C@H](N)Cc3ccccc3)C(=O)N[C@@H](Cc3ccc(O)cc3)C(=O)N[C@H](Cc3c[nH]c4ccccc34)C(=O)N[C@@H](CCCCN)C(=O)N[C@@H]([C@@H](C)O)C(=O)N1)C(N)=O)[C@]1(C)O[C@H]1[C@H](C)[C@@H]1C[C@@](O)(NC(=O)O1)[C@H](OC)/C=C/C=C(\C)C2. The minimum absolute atomic E-state index is 0.0522. The van der Waals surface area contributed by atoms with Crippen molar-refractivity contribution in [1.82, 2.24) is 52.4 Å². The van der Waals surface area contributed by atoms with Crippen molar-refractivity contribution in [3.05, 3.63) is 148 Å². The third-order valence-electron chi connectivity index (χ3n) is 21.7. The Morgan fingerprint density at radius 3 is 2.09 bits per heavy atom. The van der Waals surface area contributed by atoms with Crippen molar-refractivity contribution in [3.8, 4) is 11.5 Å². The van der Waals surface area contributed by atoms with Crippen molar-refractivity contribution >= 4 is 154 Å². The first-order valence-corrected chi connectivity index (χ1v) is 47.0. The van der Waals surface area contributed by atoms with E-state index in [1.54, 1.807) is 92.9 Å². The number of esters is 1. The molecule has 130 heavy (non-hydrogen) atoms. The zero-order valence-electron chi connectivity index (χ0n) is 73.9. The van der Waals surface area contributed by atoms with E-state index in [2.05, 4.69) is 47.5 Å². The van der Waals surface area contributed by atoms with Gasteiger partial charge < -0.3 is 118 Å². The van der Waals surface area contributed by atoms with Gasteiger partial charge in [-0.15, -0.1) is 0 Å². The molecule has 17 atom stereocenters. The number of nitrogens with zero attached hydrogens (tertiary/aromatic N) is 2. The molecular formula is C87H117ClN14O24S4. The molecule has 43 heteroatoms. The Balaban J connectivity index is 0.00000277. The van der Waals surface area contributed by atoms with E-state index in [4.69, 9.17) is 72.3 Å². The van der Waals surface area contributed by atoms with Crippen LogP contribution in [0.5, 0.6) is 11.5 Å². The number of carboxylic acid groups (broad SMARTS) is 2. The number of amides is 11. The number of allylic oxidation sites excluding steroid dienone is 3. The fourth-order valence-corrected chi connectivity index (χ4v) is 19.1. The number of epoxide rings is 1. The van der Waals surface area contributed by atoms with E-state index in [0.29, 0.717) is 46.0 Å². The van der Waals surface area contributed by atoms with E-state index < -0.39 is 192 Å². The first-order valence-electron chi connectivity index (χ1n) is 41.7. The number of fused-ring (bicyclic) bond motifs is 6. The highest BCUT2D eigenvalue weighted by Gasteiger charge is 2.65. The lowest BCUT2D eigenvalue weighted by Gasteiger charge is -2.42. The number of phenolic OH excluding ortho intramolecular Hbond substituents is 1. The van der Waals surface area contributed by atoms with Crippen LogP contribution >= 0.6 is 54.8 Å². The molecule has 5 heterocycles. The predicted octanol–water partition coefficient (Wildman–Crippen LogP) is 3.49. The summed E-state index contributed by atoms with van der Waals surface area (Å²) in [7, 11) is 9.72. The summed E-state index contributed by atoms with van der Waals surface area (Å²) in [5, 5.41) is 70.5. The number of benzene rings is 4. The molecule has 710 valence electrons. The van der Waals surface area contributed by atoms with E-state index in [-0.39, 0.29) is 96.7 Å². The highest BCUT2D eigenvalue weighted by atomic mass is 35.5. The Hall–Kier alpha value is -10.7. The number of hydrogen-bond donors (Lipinski definition) is 17. The molecule has 20 N–H and O–H groups in total. The maximum atomic E-state index is 15.1. The summed E-state index contributed by atoms with van der Waals surface area (Å²) in [5.41, 5.74) is 19.2. The van der Waals surface area contributed by atoms with Gasteiger partial charge in [-0.25, -0.2) is 9.59 Å². The highest BCUT2D eigenvalue weighted by molar-refractivity contribution is 8.77. The smallest absolute Gasteiger partial charge is 0.409 e. The third kappa shape index (κ3) is 31.6. The van der Waals surface area contributed by atoms with Crippen LogP contribution in [-0.4, -0.2) is 273 Å². The van der Waals surface area contributed by atoms with Crippen LogP contribution in [0.3, 0.4) is 0 Å². The number of unbranched alkanes of at least 4 members (excludes halogenated alkanes) is 1. The van der Waals surface area contributed by atoms with Gasteiger partial charge in [0.05, 0.1) is 37.5 Å². The fraction of sp³-hybridized carbons (Fsp3) is 0.494. The number of nitrogens with one attached hydrogen (secondary N) is 9. The van der Waals surface area contributed by atoms with Crippen LogP contribution in [0.1, 0.15) is 109 Å². The number of primary amides is 1. The Kier molecular flexibility index (Phi) is 41.4. The van der Waals surface area contributed by atoms with Gasteiger partial charge in [0.15, 0.2) is 5.72 Å². The zero-order valence-corrected chi connectivity index (χ0v) is 77.9. The number of anilines is 1. The summed E-state index contributed by atoms with van der Waals surface area (Å²) in [4.78, 5) is 197. The van der Waals surface area contributed by atoms with Crippen LogP contribution in [0.25, 0.3) is 10.9 Å². The van der Waals surface area contributed by atoms with Crippen LogP contribution in [-0.2, 0) is 107 Å². The predicted molar refractivity (Wildman–Crippen MR) is 491 cm³/mol. The fourth-order valence-electron chi connectivity index (χ4n) is 14.3. The number of H-pyrrole nitrogens is 1. The normalized spacial score (nSPS) is 25.2. The van der Waals surface area contributed by atoms with Gasteiger partial charge in [0.2, 0.25) is 59.1 Å². The minimum Gasteiger partial charge on any atom is -0.508 e. The summed E-state index contributed by atoms with van der Waals surface area (Å²) in [6, 6.07) is 12.0. The number of aliphatic carboxylic acids is 2. The Morgan fingerprint density at radius 2 is 1.45 bits per heavy atom. The number of para-hydroxylation sites is 1. The summed E-state index contributed by atoms with van der Waals surface area (Å²) in [5.74, 6) is -12.4. The molecule has 4 aliphatic rings. The van der Waals surface area contributed by atoms with Crippen LogP contribution in [0.2, 0.25) is 5.02 Å². The van der Waals surface area contributed by atoms with Crippen LogP contribution in [0.15, 0.2) is 121 Å². The summed E-state index contributed by atoms with van der Waals surface area (Å²) < 4.78 is 29.7.